The van der Waals surface area contributed by atoms with Crippen molar-refractivity contribution in [1.29, 1.82) is 0 Å². The molecule has 0 amide bonds. The monoisotopic (exact) mass is 270 g/mol. The molecule has 106 valence electrons. The molecule has 4 N–H and O–H groups in total. The lowest BCUT2D eigenvalue weighted by atomic mass is 10.0. The van der Waals surface area contributed by atoms with Crippen LogP contribution in [-0.2, 0) is 12.1 Å². The highest BCUT2D eigenvalue weighted by molar-refractivity contribution is 5.47. The minimum absolute atomic E-state index is 0.487. The van der Waals surface area contributed by atoms with Gasteiger partial charge in [0.2, 0.25) is 0 Å². The Morgan fingerprint density at radius 3 is 2.55 bits per heavy atom. The summed E-state index contributed by atoms with van der Waals surface area (Å²) in [5, 5.41) is 13.4. The number of rotatable bonds is 6. The van der Waals surface area contributed by atoms with Crippen LogP contribution in [0.15, 0.2) is 54.6 Å². The van der Waals surface area contributed by atoms with Gasteiger partial charge in [-0.15, -0.1) is 0 Å². The van der Waals surface area contributed by atoms with E-state index in [1.54, 1.807) is 0 Å². The van der Waals surface area contributed by atoms with E-state index in [4.69, 9.17) is 5.73 Å². The van der Waals surface area contributed by atoms with Gasteiger partial charge < -0.3 is 10.4 Å². The van der Waals surface area contributed by atoms with Crippen molar-refractivity contribution < 1.29 is 5.11 Å². The fourth-order valence-electron chi connectivity index (χ4n) is 2.10. The van der Waals surface area contributed by atoms with Crippen LogP contribution in [0.3, 0.4) is 0 Å². The highest BCUT2D eigenvalue weighted by Crippen LogP contribution is 2.21. The van der Waals surface area contributed by atoms with Gasteiger partial charge in [-0.2, -0.15) is 0 Å². The second-order valence-corrected chi connectivity index (χ2v) is 5.02. The maximum atomic E-state index is 10.1. The summed E-state index contributed by atoms with van der Waals surface area (Å²) in [6.45, 7) is 2.72. The Morgan fingerprint density at radius 2 is 1.85 bits per heavy atom. The number of nitrogens with two attached hydrogens (primary N) is 1. The molecule has 2 rings (SSSR count). The Labute approximate surface area is 120 Å². The molecule has 20 heavy (non-hydrogen) atoms. The minimum Gasteiger partial charge on any atom is -0.385 e. The van der Waals surface area contributed by atoms with E-state index in [0.717, 1.165) is 24.2 Å². The van der Waals surface area contributed by atoms with Crippen LogP contribution < -0.4 is 11.1 Å². The average molecular weight is 270 g/mol. The third-order valence-corrected chi connectivity index (χ3v) is 3.49. The van der Waals surface area contributed by atoms with Crippen molar-refractivity contribution in [2.24, 2.45) is 5.73 Å². The lowest BCUT2D eigenvalue weighted by Gasteiger charge is -2.22. The van der Waals surface area contributed by atoms with Gasteiger partial charge in [-0.1, -0.05) is 49.4 Å². The van der Waals surface area contributed by atoms with Crippen LogP contribution in [0.25, 0.3) is 0 Å². The smallest absolute Gasteiger partial charge is 0.139 e. The molecule has 3 nitrogen and oxygen atoms in total. The van der Waals surface area contributed by atoms with Crippen LogP contribution in [0, 0.1) is 0 Å². The van der Waals surface area contributed by atoms with Crippen molar-refractivity contribution in [2.75, 3.05) is 11.9 Å². The molecule has 0 saturated carbocycles. The summed E-state index contributed by atoms with van der Waals surface area (Å²) in [6.07, 6.45) is 1.45. The van der Waals surface area contributed by atoms with Gasteiger partial charge in [-0.25, -0.2) is 0 Å². The predicted molar refractivity (Wildman–Crippen MR) is 83.5 cm³/mol. The van der Waals surface area contributed by atoms with Gasteiger partial charge in [0, 0.05) is 17.8 Å². The summed E-state index contributed by atoms with van der Waals surface area (Å²) in [6, 6.07) is 18.0. The van der Waals surface area contributed by atoms with Gasteiger partial charge >= 0.3 is 0 Å². The topological polar surface area (TPSA) is 58.3 Å². The Bertz CT molecular complexity index is 538. The summed E-state index contributed by atoms with van der Waals surface area (Å²) in [4.78, 5) is 0. The molecular formula is C17H22N2O. The fraction of sp³-hybridized carbons (Fsp3) is 0.294. The largest absolute Gasteiger partial charge is 0.385 e. The van der Waals surface area contributed by atoms with E-state index >= 15 is 0 Å². The lowest BCUT2D eigenvalue weighted by molar-refractivity contribution is 0.0395. The van der Waals surface area contributed by atoms with Crippen LogP contribution in [0.5, 0.6) is 0 Å². The van der Waals surface area contributed by atoms with Crippen LogP contribution in [0.4, 0.5) is 5.69 Å². The summed E-state index contributed by atoms with van der Waals surface area (Å²) >= 11 is 0. The number of hydrogen-bond acceptors (Lipinski definition) is 3. The van der Waals surface area contributed by atoms with Crippen molar-refractivity contribution in [1.82, 2.24) is 0 Å². The zero-order valence-corrected chi connectivity index (χ0v) is 11.8. The third kappa shape index (κ3) is 3.83. The maximum absolute atomic E-state index is 10.1. The molecule has 0 spiro atoms. The quantitative estimate of drug-likeness (QED) is 0.707. The molecule has 0 aromatic heterocycles. The van der Waals surface area contributed by atoms with Gasteiger partial charge in [0.15, 0.2) is 0 Å². The lowest BCUT2D eigenvalue weighted by Crippen LogP contribution is -2.35. The van der Waals surface area contributed by atoms with Crippen LogP contribution in [0.1, 0.15) is 24.5 Å². The van der Waals surface area contributed by atoms with Crippen molar-refractivity contribution in [3.05, 3.63) is 65.7 Å². The third-order valence-electron chi connectivity index (χ3n) is 3.49. The van der Waals surface area contributed by atoms with Crippen molar-refractivity contribution in [3.8, 4) is 0 Å². The zero-order chi connectivity index (χ0) is 14.4. The number of hydrogen-bond donors (Lipinski definition) is 3. The molecule has 2 aromatic carbocycles. The van der Waals surface area contributed by atoms with E-state index in [1.807, 2.05) is 49.4 Å². The van der Waals surface area contributed by atoms with Crippen LogP contribution in [0.2, 0.25) is 0 Å². The Morgan fingerprint density at radius 1 is 1.10 bits per heavy atom. The normalized spacial score (nSPS) is 13.8. The summed E-state index contributed by atoms with van der Waals surface area (Å²) in [5.41, 5.74) is 7.63. The molecule has 2 aromatic rings. The van der Waals surface area contributed by atoms with Crippen LogP contribution in [-0.4, -0.2) is 11.7 Å². The van der Waals surface area contributed by atoms with E-state index in [0.29, 0.717) is 6.42 Å². The van der Waals surface area contributed by atoms with Crippen molar-refractivity contribution >= 4 is 5.69 Å². The first-order chi connectivity index (χ1) is 9.62. The molecule has 1 atom stereocenters. The molecule has 3 heteroatoms. The summed E-state index contributed by atoms with van der Waals surface area (Å²) in [7, 11) is 0. The minimum atomic E-state index is -1.25. The molecule has 0 heterocycles. The summed E-state index contributed by atoms with van der Waals surface area (Å²) < 4.78 is 0. The van der Waals surface area contributed by atoms with E-state index in [9.17, 15) is 5.11 Å². The molecule has 0 radical (unpaired) electrons. The first-order valence-corrected chi connectivity index (χ1v) is 7.01. The van der Waals surface area contributed by atoms with E-state index in [2.05, 4.69) is 17.4 Å². The highest BCUT2D eigenvalue weighted by atomic mass is 16.3. The van der Waals surface area contributed by atoms with Gasteiger partial charge in [0.05, 0.1) is 0 Å². The average Bonchev–Trinajstić information content (AvgIpc) is 2.49. The summed E-state index contributed by atoms with van der Waals surface area (Å²) in [5.74, 6) is 0. The predicted octanol–water partition coefficient (Wildman–Crippen LogP) is 2.86. The molecular weight excluding hydrogens is 248 g/mol. The van der Waals surface area contributed by atoms with Gasteiger partial charge in [-0.05, 0) is 30.5 Å². The van der Waals surface area contributed by atoms with Gasteiger partial charge in [0.25, 0.3) is 0 Å². The second-order valence-electron chi connectivity index (χ2n) is 5.02. The zero-order valence-electron chi connectivity index (χ0n) is 11.8. The molecule has 0 aliphatic rings. The van der Waals surface area contributed by atoms with E-state index in [1.165, 1.54) is 5.56 Å². The first-order valence-electron chi connectivity index (χ1n) is 7.01. The standard InChI is InChI=1S/C17H22N2O/c1-2-17(18,20)15-9-6-10-16(13-15)19-12-11-14-7-4-3-5-8-14/h3-10,13,19-20H,2,11-12,18H2,1H3. The molecule has 0 bridgehead atoms. The SMILES string of the molecule is CCC(N)(O)c1cccc(NCCc2ccccc2)c1. The second kappa shape index (κ2) is 6.55. The number of benzene rings is 2. The van der Waals surface area contributed by atoms with Crippen molar-refractivity contribution in [2.45, 2.75) is 25.5 Å². The molecule has 0 fully saturated rings. The first kappa shape index (κ1) is 14.6. The van der Waals surface area contributed by atoms with Crippen molar-refractivity contribution in [3.63, 3.8) is 0 Å². The highest BCUT2D eigenvalue weighted by Gasteiger charge is 2.20. The Hall–Kier alpha value is -1.84. The van der Waals surface area contributed by atoms with E-state index < -0.39 is 5.72 Å². The van der Waals surface area contributed by atoms with E-state index in [-0.39, 0.29) is 0 Å². The molecule has 0 saturated heterocycles. The number of anilines is 1. The van der Waals surface area contributed by atoms with Crippen LogP contribution >= 0.6 is 0 Å². The molecule has 1 unspecified atom stereocenters. The number of aliphatic hydroxyl groups is 1. The maximum Gasteiger partial charge on any atom is 0.139 e. The Balaban J connectivity index is 1.95. The van der Waals surface area contributed by atoms with Gasteiger partial charge in [-0.3, -0.25) is 5.73 Å². The molecule has 0 aliphatic carbocycles. The van der Waals surface area contributed by atoms with Gasteiger partial charge in [0.1, 0.15) is 5.72 Å². The number of nitrogens with one attached hydrogen (secondary N) is 1. The fourth-order valence-corrected chi connectivity index (χ4v) is 2.10. The molecule has 0 aliphatic heterocycles. The Kier molecular flexibility index (Phi) is 4.77.